The lowest BCUT2D eigenvalue weighted by Crippen LogP contribution is -2.02. The summed E-state index contributed by atoms with van der Waals surface area (Å²) in [6.07, 6.45) is 3.10. The average Bonchev–Trinajstić information content (AvgIpc) is 2.93. The molecule has 0 amide bonds. The molecule has 5 heteroatoms. The Morgan fingerprint density at radius 2 is 2.05 bits per heavy atom. The highest BCUT2D eigenvalue weighted by Crippen LogP contribution is 2.24. The molecule has 1 aromatic heterocycles. The number of carbonyl (C=O) groups is 1. The molecule has 0 bridgehead atoms. The minimum absolute atomic E-state index is 0.0286. The smallest absolute Gasteiger partial charge is 0.219 e. The fourth-order valence-corrected chi connectivity index (χ4v) is 1.84. The molecule has 0 aliphatic heterocycles. The number of benzene rings is 1. The largest absolute Gasteiger partial charge is 0.358 e. The first-order chi connectivity index (χ1) is 9.11. The molecule has 0 fully saturated rings. The number of nitriles is 1. The Labute approximate surface area is 120 Å². The van der Waals surface area contributed by atoms with Gasteiger partial charge in [0.1, 0.15) is 11.6 Å². The van der Waals surface area contributed by atoms with E-state index in [-0.39, 0.29) is 11.4 Å². The Hall–Kier alpha value is -2.02. The number of aromatic nitrogens is 1. The fourth-order valence-electron chi connectivity index (χ4n) is 1.53. The molecule has 0 aliphatic rings. The van der Waals surface area contributed by atoms with Crippen molar-refractivity contribution in [2.45, 2.75) is 0 Å². The number of hydrogen-bond donors (Lipinski definition) is 1. The van der Waals surface area contributed by atoms with Crippen LogP contribution in [-0.4, -0.2) is 10.8 Å². The van der Waals surface area contributed by atoms with Gasteiger partial charge in [-0.05, 0) is 35.9 Å². The van der Waals surface area contributed by atoms with Crippen LogP contribution in [0.5, 0.6) is 0 Å². The molecular formula is C14H8Cl2N2O. The summed E-state index contributed by atoms with van der Waals surface area (Å²) in [4.78, 5) is 14.8. The van der Waals surface area contributed by atoms with E-state index in [1.165, 1.54) is 6.08 Å². The second-order valence-electron chi connectivity index (χ2n) is 3.76. The molecule has 0 saturated carbocycles. The van der Waals surface area contributed by atoms with E-state index in [0.717, 1.165) is 0 Å². The second-order valence-corrected chi connectivity index (χ2v) is 4.57. The Balaban J connectivity index is 2.37. The summed E-state index contributed by atoms with van der Waals surface area (Å²) >= 11 is 11.7. The molecule has 94 valence electrons. The van der Waals surface area contributed by atoms with E-state index in [0.29, 0.717) is 21.3 Å². The zero-order valence-corrected chi connectivity index (χ0v) is 11.2. The Morgan fingerprint density at radius 1 is 1.26 bits per heavy atom. The first-order valence-electron chi connectivity index (χ1n) is 5.37. The average molecular weight is 291 g/mol. The molecule has 3 nitrogen and oxygen atoms in total. The predicted molar refractivity (Wildman–Crippen MR) is 75.2 cm³/mol. The Bertz CT molecular complexity index is 682. The zero-order chi connectivity index (χ0) is 13.8. The van der Waals surface area contributed by atoms with Crippen LogP contribution in [0, 0.1) is 11.3 Å². The highest BCUT2D eigenvalue weighted by Gasteiger charge is 2.12. The lowest BCUT2D eigenvalue weighted by atomic mass is 10.1. The van der Waals surface area contributed by atoms with Crippen LogP contribution < -0.4 is 0 Å². The van der Waals surface area contributed by atoms with E-state index in [2.05, 4.69) is 4.98 Å². The lowest BCUT2D eigenvalue weighted by Gasteiger charge is -1.99. The third kappa shape index (κ3) is 3.05. The summed E-state index contributed by atoms with van der Waals surface area (Å²) in [6, 6.07) is 10.1. The summed E-state index contributed by atoms with van der Waals surface area (Å²) < 4.78 is 0. The SMILES string of the molecule is N#C/C(=C\c1ccc(Cl)c(Cl)c1)C(=O)c1ccc[nH]1. The van der Waals surface area contributed by atoms with E-state index in [4.69, 9.17) is 28.5 Å². The predicted octanol–water partition coefficient (Wildman–Crippen LogP) is 4.11. The summed E-state index contributed by atoms with van der Waals surface area (Å²) in [7, 11) is 0. The number of carbonyl (C=O) groups excluding carboxylic acids is 1. The van der Waals surface area contributed by atoms with Crippen molar-refractivity contribution < 1.29 is 4.79 Å². The van der Waals surface area contributed by atoms with Crippen LogP contribution in [0.25, 0.3) is 6.08 Å². The van der Waals surface area contributed by atoms with Gasteiger partial charge in [0.25, 0.3) is 0 Å². The van der Waals surface area contributed by atoms with Crippen LogP contribution in [0.2, 0.25) is 10.0 Å². The van der Waals surface area contributed by atoms with E-state index < -0.39 is 0 Å². The second kappa shape index (κ2) is 5.75. The van der Waals surface area contributed by atoms with E-state index in [1.807, 2.05) is 6.07 Å². The molecule has 2 rings (SSSR count). The third-order valence-corrected chi connectivity index (χ3v) is 3.20. The molecule has 0 radical (unpaired) electrons. The molecule has 1 N–H and O–H groups in total. The van der Waals surface area contributed by atoms with Crippen LogP contribution in [0.4, 0.5) is 0 Å². The number of aromatic amines is 1. The molecule has 0 spiro atoms. The fraction of sp³-hybridized carbons (Fsp3) is 0. The van der Waals surface area contributed by atoms with Gasteiger partial charge < -0.3 is 4.98 Å². The molecule has 1 heterocycles. The van der Waals surface area contributed by atoms with Crippen molar-refractivity contribution in [3.05, 3.63) is 63.4 Å². The van der Waals surface area contributed by atoms with Crippen molar-refractivity contribution >= 4 is 35.1 Å². The standard InChI is InChI=1S/C14H8Cl2N2O/c15-11-4-3-9(7-12(11)16)6-10(8-17)14(19)13-2-1-5-18-13/h1-7,18H/b10-6+. The molecule has 0 saturated heterocycles. The molecule has 2 aromatic rings. The quantitative estimate of drug-likeness (QED) is 0.525. The van der Waals surface area contributed by atoms with Crippen LogP contribution in [0.1, 0.15) is 16.1 Å². The van der Waals surface area contributed by atoms with Crippen molar-refractivity contribution in [3.8, 4) is 6.07 Å². The van der Waals surface area contributed by atoms with Crippen LogP contribution in [0.15, 0.2) is 42.1 Å². The van der Waals surface area contributed by atoms with Gasteiger partial charge in [0.05, 0.1) is 15.7 Å². The van der Waals surface area contributed by atoms with Gasteiger partial charge in [0.2, 0.25) is 5.78 Å². The topological polar surface area (TPSA) is 56.6 Å². The maximum absolute atomic E-state index is 12.0. The number of ketones is 1. The van der Waals surface area contributed by atoms with Gasteiger partial charge in [0.15, 0.2) is 0 Å². The Kier molecular flexibility index (Phi) is 4.06. The van der Waals surface area contributed by atoms with Crippen molar-refractivity contribution in [1.82, 2.24) is 4.98 Å². The first kappa shape index (κ1) is 13.4. The summed E-state index contributed by atoms with van der Waals surface area (Å²) in [5.74, 6) is -0.362. The molecule has 0 unspecified atom stereocenters. The number of rotatable bonds is 3. The minimum atomic E-state index is -0.362. The molecule has 19 heavy (non-hydrogen) atoms. The Morgan fingerprint density at radius 3 is 2.63 bits per heavy atom. The summed E-state index contributed by atoms with van der Waals surface area (Å²) in [5, 5.41) is 9.87. The normalized spacial score (nSPS) is 11.1. The van der Waals surface area contributed by atoms with Crippen LogP contribution in [-0.2, 0) is 0 Å². The minimum Gasteiger partial charge on any atom is -0.358 e. The number of hydrogen-bond acceptors (Lipinski definition) is 2. The van der Waals surface area contributed by atoms with E-state index in [9.17, 15) is 4.79 Å². The van der Waals surface area contributed by atoms with Crippen molar-refractivity contribution in [2.75, 3.05) is 0 Å². The number of allylic oxidation sites excluding steroid dienone is 1. The summed E-state index contributed by atoms with van der Waals surface area (Å²) in [6.45, 7) is 0. The first-order valence-corrected chi connectivity index (χ1v) is 6.12. The van der Waals surface area contributed by atoms with Crippen molar-refractivity contribution in [1.29, 1.82) is 5.26 Å². The van der Waals surface area contributed by atoms with E-state index in [1.54, 1.807) is 36.5 Å². The number of H-pyrrole nitrogens is 1. The maximum atomic E-state index is 12.0. The van der Waals surface area contributed by atoms with Gasteiger partial charge in [-0.3, -0.25) is 4.79 Å². The maximum Gasteiger partial charge on any atom is 0.219 e. The number of nitrogens with zero attached hydrogens (tertiary/aromatic N) is 1. The van der Waals surface area contributed by atoms with Gasteiger partial charge in [-0.1, -0.05) is 29.3 Å². The number of halogens is 2. The number of Topliss-reactive ketones (excluding diaryl/α,β-unsaturated/α-hetero) is 1. The number of nitrogens with one attached hydrogen (secondary N) is 1. The monoisotopic (exact) mass is 290 g/mol. The molecular weight excluding hydrogens is 283 g/mol. The molecule has 1 aromatic carbocycles. The molecule has 0 aliphatic carbocycles. The van der Waals surface area contributed by atoms with Gasteiger partial charge >= 0.3 is 0 Å². The van der Waals surface area contributed by atoms with Gasteiger partial charge in [-0.2, -0.15) is 5.26 Å². The third-order valence-electron chi connectivity index (χ3n) is 2.46. The van der Waals surface area contributed by atoms with Gasteiger partial charge in [-0.25, -0.2) is 0 Å². The van der Waals surface area contributed by atoms with Crippen LogP contribution >= 0.6 is 23.2 Å². The highest BCUT2D eigenvalue weighted by atomic mass is 35.5. The lowest BCUT2D eigenvalue weighted by molar-refractivity contribution is 0.103. The van der Waals surface area contributed by atoms with Crippen molar-refractivity contribution in [2.24, 2.45) is 0 Å². The summed E-state index contributed by atoms with van der Waals surface area (Å²) in [5.41, 5.74) is 1.04. The highest BCUT2D eigenvalue weighted by molar-refractivity contribution is 6.42. The van der Waals surface area contributed by atoms with E-state index >= 15 is 0 Å². The van der Waals surface area contributed by atoms with Gasteiger partial charge in [0, 0.05) is 6.20 Å². The van der Waals surface area contributed by atoms with Gasteiger partial charge in [-0.15, -0.1) is 0 Å². The van der Waals surface area contributed by atoms with Crippen LogP contribution in [0.3, 0.4) is 0 Å². The molecule has 0 atom stereocenters. The van der Waals surface area contributed by atoms with Crippen molar-refractivity contribution in [3.63, 3.8) is 0 Å². The zero-order valence-electron chi connectivity index (χ0n) is 9.65.